The Hall–Kier alpha value is -0.880. The number of nitrogens with one attached hydrogen (secondary N) is 1. The summed E-state index contributed by atoms with van der Waals surface area (Å²) in [4.78, 5) is 4.24. The van der Waals surface area contributed by atoms with Crippen LogP contribution in [0.4, 0.5) is 0 Å². The molecule has 2 aliphatic rings. The third-order valence-electron chi connectivity index (χ3n) is 4.27. The molecular weight excluding hydrogens is 262 g/mol. The molecule has 1 N–H and O–H groups in total. The van der Waals surface area contributed by atoms with Crippen LogP contribution in [-0.2, 0) is 9.84 Å². The second kappa shape index (κ2) is 4.90. The van der Waals surface area contributed by atoms with Crippen LogP contribution in [0.3, 0.4) is 0 Å². The zero-order valence-corrected chi connectivity index (χ0v) is 12.1. The van der Waals surface area contributed by atoms with E-state index in [9.17, 15) is 8.42 Å². The van der Waals surface area contributed by atoms with Crippen LogP contribution in [0.5, 0.6) is 0 Å². The Morgan fingerprint density at radius 2 is 2.21 bits per heavy atom. The molecule has 5 nitrogen and oxygen atoms in total. The van der Waals surface area contributed by atoms with Crippen LogP contribution >= 0.6 is 0 Å². The molecule has 0 aliphatic carbocycles. The van der Waals surface area contributed by atoms with Gasteiger partial charge in [0, 0.05) is 24.3 Å². The van der Waals surface area contributed by atoms with Crippen molar-refractivity contribution in [2.45, 2.75) is 50.7 Å². The van der Waals surface area contributed by atoms with E-state index in [2.05, 4.69) is 21.8 Å². The van der Waals surface area contributed by atoms with Gasteiger partial charge in [-0.05, 0) is 32.6 Å². The Morgan fingerprint density at radius 3 is 2.89 bits per heavy atom. The Morgan fingerprint density at radius 1 is 1.37 bits per heavy atom. The maximum absolute atomic E-state index is 11.6. The van der Waals surface area contributed by atoms with E-state index in [1.54, 1.807) is 6.33 Å². The zero-order valence-electron chi connectivity index (χ0n) is 11.2. The Kier molecular flexibility index (Phi) is 3.39. The van der Waals surface area contributed by atoms with Gasteiger partial charge in [-0.3, -0.25) is 0 Å². The third-order valence-corrected chi connectivity index (χ3v) is 6.02. The highest BCUT2D eigenvalue weighted by Crippen LogP contribution is 2.30. The molecule has 0 bridgehead atoms. The molecule has 0 aromatic carbocycles. The molecule has 3 heterocycles. The van der Waals surface area contributed by atoms with Crippen molar-refractivity contribution >= 4 is 9.84 Å². The van der Waals surface area contributed by atoms with Crippen molar-refractivity contribution in [3.8, 4) is 0 Å². The number of aromatic nitrogens is 2. The molecule has 3 unspecified atom stereocenters. The Balaban J connectivity index is 1.82. The van der Waals surface area contributed by atoms with Crippen molar-refractivity contribution in [1.29, 1.82) is 0 Å². The van der Waals surface area contributed by atoms with Gasteiger partial charge in [-0.2, -0.15) is 0 Å². The van der Waals surface area contributed by atoms with Crippen molar-refractivity contribution in [1.82, 2.24) is 14.9 Å². The van der Waals surface area contributed by atoms with Crippen molar-refractivity contribution < 1.29 is 8.42 Å². The molecule has 2 saturated heterocycles. The topological polar surface area (TPSA) is 64.0 Å². The van der Waals surface area contributed by atoms with E-state index in [0.29, 0.717) is 24.3 Å². The van der Waals surface area contributed by atoms with Crippen LogP contribution in [0.15, 0.2) is 12.5 Å². The van der Waals surface area contributed by atoms with E-state index in [1.165, 1.54) is 12.8 Å². The number of imidazole rings is 1. The average molecular weight is 283 g/mol. The predicted molar refractivity (Wildman–Crippen MR) is 73.7 cm³/mol. The molecule has 6 heteroatoms. The molecule has 2 fully saturated rings. The van der Waals surface area contributed by atoms with Crippen molar-refractivity contribution in [2.75, 3.05) is 11.5 Å². The highest BCUT2D eigenvalue weighted by Gasteiger charge is 2.32. The smallest absolute Gasteiger partial charge is 0.152 e. The molecule has 0 amide bonds. The van der Waals surface area contributed by atoms with E-state index >= 15 is 0 Å². The maximum Gasteiger partial charge on any atom is 0.152 e. The van der Waals surface area contributed by atoms with Crippen LogP contribution in [0.2, 0.25) is 0 Å². The molecule has 2 aliphatic heterocycles. The van der Waals surface area contributed by atoms with E-state index in [4.69, 9.17) is 0 Å². The van der Waals surface area contributed by atoms with Crippen LogP contribution in [0.1, 0.15) is 50.4 Å². The molecule has 0 saturated carbocycles. The Labute approximate surface area is 114 Å². The van der Waals surface area contributed by atoms with E-state index in [0.717, 1.165) is 12.1 Å². The quantitative estimate of drug-likeness (QED) is 0.892. The minimum atomic E-state index is -2.85. The van der Waals surface area contributed by atoms with Gasteiger partial charge in [-0.25, -0.2) is 13.4 Å². The molecule has 19 heavy (non-hydrogen) atoms. The molecular formula is C13H21N3O2S. The number of nitrogens with zero attached hydrogens (tertiary/aromatic N) is 2. The summed E-state index contributed by atoms with van der Waals surface area (Å²) in [6.07, 6.45) is 7.93. The molecule has 1 aromatic heterocycles. The van der Waals surface area contributed by atoms with E-state index < -0.39 is 9.84 Å². The van der Waals surface area contributed by atoms with Crippen molar-refractivity contribution in [3.63, 3.8) is 0 Å². The summed E-state index contributed by atoms with van der Waals surface area (Å²) in [5, 5.41) is 3.59. The monoisotopic (exact) mass is 283 g/mol. The summed E-state index contributed by atoms with van der Waals surface area (Å²) < 4.78 is 25.3. The van der Waals surface area contributed by atoms with Gasteiger partial charge >= 0.3 is 0 Å². The number of hydrogen-bond acceptors (Lipinski definition) is 4. The molecule has 3 rings (SSSR count). The second-order valence-electron chi connectivity index (χ2n) is 5.83. The lowest BCUT2D eigenvalue weighted by Gasteiger charge is -2.30. The molecule has 106 valence electrons. The lowest BCUT2D eigenvalue weighted by atomic mass is 9.97. The van der Waals surface area contributed by atoms with E-state index in [-0.39, 0.29) is 11.8 Å². The van der Waals surface area contributed by atoms with Crippen LogP contribution in [0, 0.1) is 0 Å². The number of rotatable bonds is 2. The highest BCUT2D eigenvalue weighted by molar-refractivity contribution is 7.91. The molecule has 3 atom stereocenters. The summed E-state index contributed by atoms with van der Waals surface area (Å²) in [6.45, 7) is 2.20. The fourth-order valence-corrected chi connectivity index (χ4v) is 4.97. The maximum atomic E-state index is 11.6. The Bertz CT molecular complexity index is 552. The van der Waals surface area contributed by atoms with E-state index in [1.807, 2.05) is 6.20 Å². The summed E-state index contributed by atoms with van der Waals surface area (Å²) in [6, 6.07) is 0.908. The lowest BCUT2D eigenvalue weighted by Crippen LogP contribution is -2.36. The summed E-state index contributed by atoms with van der Waals surface area (Å²) >= 11 is 0. The van der Waals surface area contributed by atoms with Gasteiger partial charge in [0.25, 0.3) is 0 Å². The average Bonchev–Trinajstić information content (AvgIpc) is 2.95. The molecule has 0 spiro atoms. The lowest BCUT2D eigenvalue weighted by molar-refractivity contribution is 0.324. The van der Waals surface area contributed by atoms with Gasteiger partial charge in [-0.15, -0.1) is 0 Å². The number of hydrogen-bond donors (Lipinski definition) is 1. The zero-order chi connectivity index (χ0) is 13.5. The normalized spacial score (nSPS) is 34.5. The molecule has 0 radical (unpaired) electrons. The first-order chi connectivity index (χ1) is 9.05. The number of piperidine rings is 1. The summed E-state index contributed by atoms with van der Waals surface area (Å²) in [5.74, 6) is 0.572. The van der Waals surface area contributed by atoms with Crippen molar-refractivity contribution in [2.24, 2.45) is 0 Å². The largest absolute Gasteiger partial charge is 0.329 e. The molecule has 1 aromatic rings. The standard InChI is InChI=1S/C13H21N3O2S/c1-10-3-2-4-12(15-10)13-7-14-9-16(13)11-5-6-19(17,18)8-11/h7,9-12,15H,2-6,8H2,1H3. The summed E-state index contributed by atoms with van der Waals surface area (Å²) in [5.41, 5.74) is 1.15. The van der Waals surface area contributed by atoms with Gasteiger partial charge in [-0.1, -0.05) is 0 Å². The minimum Gasteiger partial charge on any atom is -0.329 e. The first kappa shape index (κ1) is 13.1. The minimum absolute atomic E-state index is 0.0709. The van der Waals surface area contributed by atoms with Gasteiger partial charge in [0.2, 0.25) is 0 Å². The third kappa shape index (κ3) is 2.69. The number of sulfone groups is 1. The highest BCUT2D eigenvalue weighted by atomic mass is 32.2. The van der Waals surface area contributed by atoms with Crippen LogP contribution in [0.25, 0.3) is 0 Å². The first-order valence-electron chi connectivity index (χ1n) is 7.03. The SMILES string of the molecule is CC1CCCC(c2cncn2C2CCS(=O)(=O)C2)N1. The fourth-order valence-electron chi connectivity index (χ4n) is 3.26. The van der Waals surface area contributed by atoms with Crippen LogP contribution in [-0.4, -0.2) is 35.5 Å². The van der Waals surface area contributed by atoms with Crippen LogP contribution < -0.4 is 5.32 Å². The predicted octanol–water partition coefficient (Wildman–Crippen LogP) is 1.45. The van der Waals surface area contributed by atoms with Crippen molar-refractivity contribution in [3.05, 3.63) is 18.2 Å². The van der Waals surface area contributed by atoms with Gasteiger partial charge in [0.15, 0.2) is 9.84 Å². The second-order valence-corrected chi connectivity index (χ2v) is 8.06. The van der Waals surface area contributed by atoms with Gasteiger partial charge in [0.05, 0.1) is 23.5 Å². The first-order valence-corrected chi connectivity index (χ1v) is 8.85. The van der Waals surface area contributed by atoms with Gasteiger partial charge < -0.3 is 9.88 Å². The summed E-state index contributed by atoms with van der Waals surface area (Å²) in [7, 11) is -2.85. The fraction of sp³-hybridized carbons (Fsp3) is 0.769. The van der Waals surface area contributed by atoms with Gasteiger partial charge in [0.1, 0.15) is 0 Å².